The molecule has 148 valence electrons. The van der Waals surface area contributed by atoms with E-state index in [-0.39, 0.29) is 18.8 Å². The zero-order valence-electron chi connectivity index (χ0n) is 15.6. The lowest BCUT2D eigenvalue weighted by Crippen LogP contribution is -2.44. The number of hydrogen-bond acceptors (Lipinski definition) is 3. The molecule has 0 fully saturated rings. The van der Waals surface area contributed by atoms with Gasteiger partial charge >= 0.3 is 6.03 Å². The van der Waals surface area contributed by atoms with E-state index in [1.54, 1.807) is 19.9 Å². The standard InChI is InChI=1S/C17H27ClFN3O3S/c1-5-22(6-2)26(24,25)10-9-20-16(23)21-12-17(3,4)14-8-7-13(19)11-15(14)18/h7-8,11H,5-6,9-10,12H2,1-4H3,(H2,20,21,23). The lowest BCUT2D eigenvalue weighted by Gasteiger charge is -2.27. The number of urea groups is 1. The zero-order valence-corrected chi connectivity index (χ0v) is 17.2. The number of halogens is 2. The van der Waals surface area contributed by atoms with Gasteiger partial charge in [0.25, 0.3) is 0 Å². The smallest absolute Gasteiger partial charge is 0.314 e. The number of carbonyl (C=O) groups is 1. The SMILES string of the molecule is CCN(CC)S(=O)(=O)CCNC(=O)NCC(C)(C)c1ccc(F)cc1Cl. The van der Waals surface area contributed by atoms with Crippen molar-refractivity contribution in [3.63, 3.8) is 0 Å². The lowest BCUT2D eigenvalue weighted by molar-refractivity contribution is 0.239. The van der Waals surface area contributed by atoms with Crippen molar-refractivity contribution in [1.82, 2.24) is 14.9 Å². The molecule has 26 heavy (non-hydrogen) atoms. The van der Waals surface area contributed by atoms with Gasteiger partial charge in [0.05, 0.1) is 5.75 Å². The van der Waals surface area contributed by atoms with Gasteiger partial charge in [-0.3, -0.25) is 0 Å². The molecule has 0 aromatic heterocycles. The van der Waals surface area contributed by atoms with Crippen LogP contribution in [0.25, 0.3) is 0 Å². The lowest BCUT2D eigenvalue weighted by atomic mass is 9.84. The van der Waals surface area contributed by atoms with Crippen LogP contribution in [-0.2, 0) is 15.4 Å². The van der Waals surface area contributed by atoms with Gasteiger partial charge in [-0.15, -0.1) is 0 Å². The number of rotatable bonds is 9. The van der Waals surface area contributed by atoms with Crippen LogP contribution in [0.2, 0.25) is 5.02 Å². The van der Waals surface area contributed by atoms with Gasteiger partial charge in [0.2, 0.25) is 10.0 Å². The summed E-state index contributed by atoms with van der Waals surface area (Å²) in [5, 5.41) is 5.53. The third kappa shape index (κ3) is 6.41. The highest BCUT2D eigenvalue weighted by Crippen LogP contribution is 2.29. The molecule has 1 aromatic carbocycles. The Hall–Kier alpha value is -1.38. The summed E-state index contributed by atoms with van der Waals surface area (Å²) in [6.07, 6.45) is 0. The largest absolute Gasteiger partial charge is 0.337 e. The molecule has 0 saturated heterocycles. The predicted molar refractivity (Wildman–Crippen MR) is 103 cm³/mol. The normalized spacial score (nSPS) is 12.3. The average molecular weight is 408 g/mol. The molecule has 1 aromatic rings. The molecule has 2 amide bonds. The number of sulfonamides is 1. The number of amides is 2. The second-order valence-corrected chi connectivity index (χ2v) is 9.01. The molecule has 1 rings (SSSR count). The molecule has 2 N–H and O–H groups in total. The molecule has 6 nitrogen and oxygen atoms in total. The van der Waals surface area contributed by atoms with Crippen molar-refractivity contribution in [2.75, 3.05) is 31.9 Å². The Labute approximate surface area is 160 Å². The fraction of sp³-hybridized carbons (Fsp3) is 0.588. The topological polar surface area (TPSA) is 78.5 Å². The monoisotopic (exact) mass is 407 g/mol. The van der Waals surface area contributed by atoms with Crippen molar-refractivity contribution in [2.24, 2.45) is 0 Å². The molecule has 0 aliphatic rings. The van der Waals surface area contributed by atoms with Crippen LogP contribution in [0.15, 0.2) is 18.2 Å². The third-order valence-electron chi connectivity index (χ3n) is 4.10. The molecule has 0 spiro atoms. The van der Waals surface area contributed by atoms with Crippen molar-refractivity contribution in [2.45, 2.75) is 33.1 Å². The van der Waals surface area contributed by atoms with E-state index >= 15 is 0 Å². The van der Waals surface area contributed by atoms with Crippen molar-refractivity contribution < 1.29 is 17.6 Å². The second kappa shape index (κ2) is 9.53. The third-order valence-corrected chi connectivity index (χ3v) is 6.43. The molecule has 0 radical (unpaired) electrons. The molecular weight excluding hydrogens is 381 g/mol. The van der Waals surface area contributed by atoms with Gasteiger partial charge in [-0.1, -0.05) is 45.4 Å². The van der Waals surface area contributed by atoms with Gasteiger partial charge in [-0.25, -0.2) is 21.9 Å². The van der Waals surface area contributed by atoms with E-state index in [1.807, 2.05) is 13.8 Å². The van der Waals surface area contributed by atoms with Crippen molar-refractivity contribution >= 4 is 27.7 Å². The minimum Gasteiger partial charge on any atom is -0.337 e. The van der Waals surface area contributed by atoms with Gasteiger partial charge in [-0.05, 0) is 17.7 Å². The van der Waals surface area contributed by atoms with E-state index in [4.69, 9.17) is 11.6 Å². The fourth-order valence-electron chi connectivity index (χ4n) is 2.54. The fourth-order valence-corrected chi connectivity index (χ4v) is 4.36. The van der Waals surface area contributed by atoms with Gasteiger partial charge in [0.1, 0.15) is 5.82 Å². The Balaban J connectivity index is 2.53. The molecule has 0 atom stereocenters. The highest BCUT2D eigenvalue weighted by molar-refractivity contribution is 7.89. The first-order valence-electron chi connectivity index (χ1n) is 8.48. The zero-order chi connectivity index (χ0) is 20.0. The Kier molecular flexibility index (Phi) is 8.30. The summed E-state index contributed by atoms with van der Waals surface area (Å²) in [6, 6.07) is 3.68. The summed E-state index contributed by atoms with van der Waals surface area (Å²) in [7, 11) is -3.38. The quantitative estimate of drug-likeness (QED) is 0.660. The molecular formula is C17H27ClFN3O3S. The molecule has 0 bridgehead atoms. The number of benzene rings is 1. The highest BCUT2D eigenvalue weighted by Gasteiger charge is 2.24. The average Bonchev–Trinajstić information content (AvgIpc) is 2.53. The summed E-state index contributed by atoms with van der Waals surface area (Å²) in [5.41, 5.74) is 0.195. The maximum Gasteiger partial charge on any atom is 0.314 e. The van der Waals surface area contributed by atoms with Crippen LogP contribution in [0.4, 0.5) is 9.18 Å². The van der Waals surface area contributed by atoms with Gasteiger partial charge < -0.3 is 10.6 Å². The summed E-state index contributed by atoms with van der Waals surface area (Å²) >= 11 is 6.08. The number of nitrogens with zero attached hydrogens (tertiary/aromatic N) is 1. The van der Waals surface area contributed by atoms with Gasteiger partial charge in [0.15, 0.2) is 0 Å². The van der Waals surface area contributed by atoms with Crippen LogP contribution in [0.5, 0.6) is 0 Å². The first-order valence-corrected chi connectivity index (χ1v) is 10.5. The number of hydrogen-bond donors (Lipinski definition) is 2. The summed E-state index contributed by atoms with van der Waals surface area (Å²) in [5.74, 6) is -0.579. The maximum absolute atomic E-state index is 13.2. The molecule has 0 aliphatic heterocycles. The number of nitrogens with one attached hydrogen (secondary N) is 2. The maximum atomic E-state index is 13.2. The van der Waals surface area contributed by atoms with Crippen LogP contribution < -0.4 is 10.6 Å². The predicted octanol–water partition coefficient (Wildman–Crippen LogP) is 2.73. The van der Waals surface area contributed by atoms with E-state index in [0.29, 0.717) is 23.7 Å². The first-order chi connectivity index (χ1) is 12.0. The summed E-state index contributed by atoms with van der Waals surface area (Å²) in [6.45, 7) is 8.35. The van der Waals surface area contributed by atoms with Crippen molar-refractivity contribution in [3.05, 3.63) is 34.6 Å². The van der Waals surface area contributed by atoms with Gasteiger partial charge in [0, 0.05) is 36.6 Å². The van der Waals surface area contributed by atoms with Crippen LogP contribution in [-0.4, -0.2) is 50.7 Å². The molecule has 9 heteroatoms. The molecule has 0 unspecified atom stereocenters. The van der Waals surface area contributed by atoms with Crippen molar-refractivity contribution in [3.8, 4) is 0 Å². The summed E-state index contributed by atoms with van der Waals surface area (Å²) in [4.78, 5) is 11.9. The van der Waals surface area contributed by atoms with Crippen LogP contribution >= 0.6 is 11.6 Å². The van der Waals surface area contributed by atoms with E-state index in [2.05, 4.69) is 10.6 Å². The second-order valence-electron chi connectivity index (χ2n) is 6.52. The Morgan fingerprint density at radius 2 is 1.85 bits per heavy atom. The minimum absolute atomic E-state index is 0.0163. The van der Waals surface area contributed by atoms with Crippen LogP contribution in [0.1, 0.15) is 33.3 Å². The first kappa shape index (κ1) is 22.7. The number of carbonyl (C=O) groups excluding carboxylic acids is 1. The molecule has 0 heterocycles. The molecule has 0 saturated carbocycles. The van der Waals surface area contributed by atoms with Crippen LogP contribution in [0, 0.1) is 5.82 Å². The minimum atomic E-state index is -3.38. The van der Waals surface area contributed by atoms with Crippen molar-refractivity contribution in [1.29, 1.82) is 0 Å². The Morgan fingerprint density at radius 3 is 2.38 bits per heavy atom. The van der Waals surface area contributed by atoms with E-state index in [0.717, 1.165) is 0 Å². The van der Waals surface area contributed by atoms with E-state index in [1.165, 1.54) is 16.4 Å². The van der Waals surface area contributed by atoms with E-state index in [9.17, 15) is 17.6 Å². The van der Waals surface area contributed by atoms with E-state index < -0.39 is 27.3 Å². The Morgan fingerprint density at radius 1 is 1.23 bits per heavy atom. The molecule has 0 aliphatic carbocycles. The summed E-state index contributed by atoms with van der Waals surface area (Å²) < 4.78 is 38.6. The highest BCUT2D eigenvalue weighted by atomic mass is 35.5. The van der Waals surface area contributed by atoms with Gasteiger partial charge in [-0.2, -0.15) is 0 Å². The Bertz CT molecular complexity index is 722. The van der Waals surface area contributed by atoms with Crippen LogP contribution in [0.3, 0.4) is 0 Å².